The quantitative estimate of drug-likeness (QED) is 0.850. The smallest absolute Gasteiger partial charge is 0.178 e. The topological polar surface area (TPSA) is 46.2 Å². The maximum atomic E-state index is 13.9. The molecule has 0 fully saturated rings. The lowest BCUT2D eigenvalue weighted by Crippen LogP contribution is -2.32. The minimum absolute atomic E-state index is 0.0429. The van der Waals surface area contributed by atoms with Gasteiger partial charge in [0.15, 0.2) is 9.84 Å². The van der Waals surface area contributed by atoms with E-state index in [1.165, 1.54) is 12.1 Å². The Morgan fingerprint density at radius 2 is 1.86 bits per heavy atom. The van der Waals surface area contributed by atoms with E-state index in [1.807, 2.05) is 18.7 Å². The van der Waals surface area contributed by atoms with Crippen LogP contribution < -0.4 is 5.32 Å². The van der Waals surface area contributed by atoms with E-state index in [1.54, 1.807) is 6.07 Å². The fourth-order valence-corrected chi connectivity index (χ4v) is 3.61. The van der Waals surface area contributed by atoms with Crippen LogP contribution in [0.1, 0.15) is 46.2 Å². The average molecular weight is 348 g/mol. The van der Waals surface area contributed by atoms with Gasteiger partial charge in [0, 0.05) is 28.8 Å². The van der Waals surface area contributed by atoms with E-state index >= 15 is 0 Å². The summed E-state index contributed by atoms with van der Waals surface area (Å²) in [4.78, 5) is -0.250. The molecule has 126 valence electrons. The lowest BCUT2D eigenvalue weighted by atomic mass is 10.1. The molecule has 0 aliphatic heterocycles. The first-order valence-electron chi connectivity index (χ1n) is 7.29. The van der Waals surface area contributed by atoms with Gasteiger partial charge < -0.3 is 5.32 Å². The molecule has 1 aromatic carbocycles. The van der Waals surface area contributed by atoms with Crippen LogP contribution in [0.4, 0.5) is 4.39 Å². The van der Waals surface area contributed by atoms with Crippen LogP contribution in [0.2, 0.25) is 0 Å². The molecular formula is C16H26FNO2S2. The van der Waals surface area contributed by atoms with E-state index in [2.05, 4.69) is 33.0 Å². The van der Waals surface area contributed by atoms with Crippen molar-refractivity contribution in [1.29, 1.82) is 0 Å². The van der Waals surface area contributed by atoms with Crippen molar-refractivity contribution in [2.24, 2.45) is 0 Å². The predicted molar refractivity (Wildman–Crippen MR) is 92.7 cm³/mol. The van der Waals surface area contributed by atoms with Gasteiger partial charge in [0.2, 0.25) is 0 Å². The number of rotatable bonds is 6. The molecule has 0 aliphatic carbocycles. The molecule has 0 radical (unpaired) electrons. The molecule has 1 N–H and O–H groups in total. The van der Waals surface area contributed by atoms with E-state index in [0.29, 0.717) is 0 Å². The van der Waals surface area contributed by atoms with Gasteiger partial charge in [-0.15, -0.1) is 0 Å². The maximum Gasteiger partial charge on any atom is 0.178 e. The second-order valence-corrected chi connectivity index (χ2v) is 10.5. The minimum Gasteiger partial charge on any atom is -0.307 e. The van der Waals surface area contributed by atoms with Gasteiger partial charge in [-0.2, -0.15) is 11.8 Å². The fourth-order valence-electron chi connectivity index (χ4n) is 2.03. The van der Waals surface area contributed by atoms with Crippen LogP contribution in [0.3, 0.4) is 0 Å². The maximum absolute atomic E-state index is 13.9. The number of hydrogen-bond acceptors (Lipinski definition) is 4. The van der Waals surface area contributed by atoms with Crippen LogP contribution >= 0.6 is 11.8 Å². The number of hydrogen-bond donors (Lipinski definition) is 1. The Labute approximate surface area is 138 Å². The molecule has 0 saturated carbocycles. The molecule has 22 heavy (non-hydrogen) atoms. The van der Waals surface area contributed by atoms with Crippen LogP contribution in [-0.2, 0) is 9.84 Å². The Morgan fingerprint density at radius 3 is 2.32 bits per heavy atom. The molecule has 1 aromatic rings. The molecule has 0 amide bonds. The Balaban J connectivity index is 2.74. The van der Waals surface area contributed by atoms with Crippen molar-refractivity contribution >= 4 is 21.6 Å². The summed E-state index contributed by atoms with van der Waals surface area (Å²) in [5.41, 5.74) is 0.748. The molecule has 3 nitrogen and oxygen atoms in total. The van der Waals surface area contributed by atoms with Crippen molar-refractivity contribution < 1.29 is 12.8 Å². The van der Waals surface area contributed by atoms with Gasteiger partial charge in [-0.3, -0.25) is 0 Å². The molecule has 2 unspecified atom stereocenters. The number of nitrogens with one attached hydrogen (secondary N) is 1. The first-order valence-corrected chi connectivity index (χ1v) is 10.2. The Kier molecular flexibility index (Phi) is 6.47. The second-order valence-electron chi connectivity index (χ2n) is 6.67. The number of benzene rings is 1. The highest BCUT2D eigenvalue weighted by Gasteiger charge is 2.18. The van der Waals surface area contributed by atoms with Crippen LogP contribution in [0.5, 0.6) is 0 Å². The molecule has 1 rings (SSSR count). The van der Waals surface area contributed by atoms with Crippen LogP contribution in [0.15, 0.2) is 23.1 Å². The van der Waals surface area contributed by atoms with Gasteiger partial charge in [0.25, 0.3) is 0 Å². The second kappa shape index (κ2) is 7.32. The van der Waals surface area contributed by atoms with E-state index in [-0.39, 0.29) is 21.7 Å². The fraction of sp³-hybridized carbons (Fsp3) is 0.625. The van der Waals surface area contributed by atoms with E-state index in [9.17, 15) is 12.8 Å². The predicted octanol–water partition coefficient (Wildman–Crippen LogP) is 3.80. The number of sulfone groups is 1. The van der Waals surface area contributed by atoms with Crippen molar-refractivity contribution in [3.63, 3.8) is 0 Å². The molecule has 0 spiro atoms. The first kappa shape index (κ1) is 19.5. The van der Waals surface area contributed by atoms with Crippen LogP contribution in [-0.4, -0.2) is 31.2 Å². The molecule has 0 bridgehead atoms. The molecule has 0 aliphatic rings. The summed E-state index contributed by atoms with van der Waals surface area (Å²) in [7, 11) is -3.52. The van der Waals surface area contributed by atoms with E-state index in [0.717, 1.165) is 17.6 Å². The van der Waals surface area contributed by atoms with Gasteiger partial charge in [0.1, 0.15) is 10.7 Å². The molecular weight excluding hydrogens is 321 g/mol. The molecule has 0 aromatic heterocycles. The highest BCUT2D eigenvalue weighted by molar-refractivity contribution is 8.00. The molecule has 0 saturated heterocycles. The minimum atomic E-state index is -3.52. The van der Waals surface area contributed by atoms with Gasteiger partial charge in [0.05, 0.1) is 0 Å². The summed E-state index contributed by atoms with van der Waals surface area (Å²) >= 11 is 1.87. The van der Waals surface area contributed by atoms with Gasteiger partial charge in [-0.05, 0) is 31.5 Å². The van der Waals surface area contributed by atoms with Crippen LogP contribution in [0, 0.1) is 5.82 Å². The summed E-state index contributed by atoms with van der Waals surface area (Å²) in [5, 5.41) is 3.42. The van der Waals surface area contributed by atoms with E-state index < -0.39 is 15.7 Å². The zero-order valence-corrected chi connectivity index (χ0v) is 15.7. The molecule has 0 heterocycles. The summed E-state index contributed by atoms with van der Waals surface area (Å²) in [5.74, 6) is 0.267. The summed E-state index contributed by atoms with van der Waals surface area (Å²) < 4.78 is 37.0. The van der Waals surface area contributed by atoms with Crippen molar-refractivity contribution in [2.75, 3.05) is 12.0 Å². The van der Waals surface area contributed by atoms with Gasteiger partial charge in [-0.1, -0.05) is 26.8 Å². The first-order chi connectivity index (χ1) is 9.90. The Morgan fingerprint density at radius 1 is 1.27 bits per heavy atom. The lowest BCUT2D eigenvalue weighted by molar-refractivity contribution is 0.504. The SMILES string of the molecule is CC(CSC(C)(C)C)NC(C)c1ccc(S(C)(=O)=O)c(F)c1. The lowest BCUT2D eigenvalue weighted by Gasteiger charge is -2.24. The number of thioether (sulfide) groups is 1. The zero-order valence-electron chi connectivity index (χ0n) is 14.1. The normalized spacial score (nSPS) is 15.6. The van der Waals surface area contributed by atoms with Crippen LogP contribution in [0.25, 0.3) is 0 Å². The monoisotopic (exact) mass is 347 g/mol. The van der Waals surface area contributed by atoms with Crippen molar-refractivity contribution in [1.82, 2.24) is 5.32 Å². The van der Waals surface area contributed by atoms with Gasteiger partial charge >= 0.3 is 0 Å². The summed E-state index contributed by atoms with van der Waals surface area (Å²) in [6, 6.07) is 4.54. The third kappa shape index (κ3) is 6.26. The zero-order chi connectivity index (χ0) is 17.1. The number of halogens is 1. The molecule has 6 heteroatoms. The van der Waals surface area contributed by atoms with Crippen molar-refractivity contribution in [3.05, 3.63) is 29.6 Å². The third-order valence-corrected chi connectivity index (χ3v) is 5.82. The standard InChI is InChI=1S/C16H26FNO2S2/c1-11(10-21-16(3,4)5)18-12(2)13-7-8-15(14(17)9-13)22(6,19)20/h7-9,11-12,18H,10H2,1-6H3. The Hall–Kier alpha value is -0.590. The Bertz CT molecular complexity index is 609. The van der Waals surface area contributed by atoms with Crippen molar-refractivity contribution in [3.8, 4) is 0 Å². The third-order valence-electron chi connectivity index (χ3n) is 3.16. The van der Waals surface area contributed by atoms with Crippen molar-refractivity contribution in [2.45, 2.75) is 56.3 Å². The summed E-state index contributed by atoms with van der Waals surface area (Å²) in [6.07, 6.45) is 1.01. The van der Waals surface area contributed by atoms with E-state index in [4.69, 9.17) is 0 Å². The highest BCUT2D eigenvalue weighted by atomic mass is 32.2. The highest BCUT2D eigenvalue weighted by Crippen LogP contribution is 2.25. The average Bonchev–Trinajstić information content (AvgIpc) is 2.33. The summed E-state index contributed by atoms with van der Waals surface area (Å²) in [6.45, 7) is 10.6. The molecule has 2 atom stereocenters. The van der Waals surface area contributed by atoms with Gasteiger partial charge in [-0.25, -0.2) is 12.8 Å². The largest absolute Gasteiger partial charge is 0.307 e.